The first-order valence-electron chi connectivity index (χ1n) is 8.57. The average molecular weight is 381 g/mol. The number of aromatic nitrogens is 1. The summed E-state index contributed by atoms with van der Waals surface area (Å²) in [5.74, 6) is 0.867. The van der Waals surface area contributed by atoms with Gasteiger partial charge in [0.25, 0.3) is 5.91 Å². The fourth-order valence-corrected chi connectivity index (χ4v) is 2.60. The summed E-state index contributed by atoms with van der Waals surface area (Å²) in [6.45, 7) is 0.536. The van der Waals surface area contributed by atoms with Gasteiger partial charge in [-0.25, -0.2) is 9.37 Å². The van der Waals surface area contributed by atoms with Crippen LogP contribution in [-0.4, -0.2) is 25.1 Å². The number of hydrogen-bond acceptors (Lipinski definition) is 5. The molecule has 7 heteroatoms. The summed E-state index contributed by atoms with van der Waals surface area (Å²) in [7, 11) is 3.18. The molecule has 6 nitrogen and oxygen atoms in total. The SMILES string of the molecule is COc1ccc(CNc2ccc(NC(=O)c3ccccc3F)cn2)cc1OC. The highest BCUT2D eigenvalue weighted by molar-refractivity contribution is 6.04. The molecule has 3 rings (SSSR count). The number of carbonyl (C=O) groups excluding carboxylic acids is 1. The zero-order valence-electron chi connectivity index (χ0n) is 15.5. The molecule has 0 saturated heterocycles. The topological polar surface area (TPSA) is 72.5 Å². The van der Waals surface area contributed by atoms with Crippen LogP contribution in [0, 0.1) is 5.82 Å². The number of rotatable bonds is 7. The molecule has 2 N–H and O–H groups in total. The van der Waals surface area contributed by atoms with Crippen LogP contribution in [0.3, 0.4) is 0 Å². The third-order valence-corrected chi connectivity index (χ3v) is 4.06. The molecular weight excluding hydrogens is 361 g/mol. The van der Waals surface area contributed by atoms with Crippen LogP contribution in [-0.2, 0) is 6.54 Å². The Morgan fingerprint density at radius 1 is 1.04 bits per heavy atom. The van der Waals surface area contributed by atoms with Gasteiger partial charge in [0.05, 0.1) is 31.7 Å². The van der Waals surface area contributed by atoms with E-state index in [0.717, 1.165) is 5.56 Å². The van der Waals surface area contributed by atoms with Gasteiger partial charge in [0.15, 0.2) is 11.5 Å². The predicted octanol–water partition coefficient (Wildman–Crippen LogP) is 4.10. The lowest BCUT2D eigenvalue weighted by molar-refractivity contribution is 0.102. The van der Waals surface area contributed by atoms with Gasteiger partial charge in [-0.1, -0.05) is 18.2 Å². The minimum Gasteiger partial charge on any atom is -0.493 e. The number of nitrogens with one attached hydrogen (secondary N) is 2. The fourth-order valence-electron chi connectivity index (χ4n) is 2.60. The van der Waals surface area contributed by atoms with Crippen LogP contribution in [0.5, 0.6) is 11.5 Å². The first kappa shape index (κ1) is 19.2. The number of ether oxygens (including phenoxy) is 2. The first-order valence-corrected chi connectivity index (χ1v) is 8.57. The second kappa shape index (κ2) is 8.85. The van der Waals surface area contributed by atoms with Crippen LogP contribution < -0.4 is 20.1 Å². The number of amides is 1. The van der Waals surface area contributed by atoms with Crippen molar-refractivity contribution in [2.45, 2.75) is 6.54 Å². The number of anilines is 2. The van der Waals surface area contributed by atoms with Crippen LogP contribution in [0.2, 0.25) is 0 Å². The van der Waals surface area contributed by atoms with Gasteiger partial charge in [-0.2, -0.15) is 0 Å². The van der Waals surface area contributed by atoms with E-state index in [9.17, 15) is 9.18 Å². The van der Waals surface area contributed by atoms with Gasteiger partial charge >= 0.3 is 0 Å². The van der Waals surface area contributed by atoms with Crippen molar-refractivity contribution in [2.75, 3.05) is 24.9 Å². The summed E-state index contributed by atoms with van der Waals surface area (Å²) in [5, 5.41) is 5.82. The lowest BCUT2D eigenvalue weighted by Crippen LogP contribution is -2.13. The summed E-state index contributed by atoms with van der Waals surface area (Å²) < 4.78 is 24.2. The molecular formula is C21H20FN3O3. The summed E-state index contributed by atoms with van der Waals surface area (Å²) in [6, 6.07) is 14.9. The Morgan fingerprint density at radius 3 is 2.50 bits per heavy atom. The number of pyridine rings is 1. The van der Waals surface area contributed by atoms with E-state index in [2.05, 4.69) is 15.6 Å². The van der Waals surface area contributed by atoms with Crippen LogP contribution in [0.15, 0.2) is 60.8 Å². The molecule has 28 heavy (non-hydrogen) atoms. The number of hydrogen-bond donors (Lipinski definition) is 2. The molecule has 0 spiro atoms. The highest BCUT2D eigenvalue weighted by Gasteiger charge is 2.11. The van der Waals surface area contributed by atoms with Gasteiger partial charge < -0.3 is 20.1 Å². The van der Waals surface area contributed by atoms with E-state index in [-0.39, 0.29) is 5.56 Å². The molecule has 144 valence electrons. The normalized spacial score (nSPS) is 10.2. The van der Waals surface area contributed by atoms with Crippen LogP contribution in [0.25, 0.3) is 0 Å². The maximum absolute atomic E-state index is 13.7. The molecule has 1 amide bonds. The zero-order chi connectivity index (χ0) is 19.9. The molecule has 1 heterocycles. The third-order valence-electron chi connectivity index (χ3n) is 4.06. The number of methoxy groups -OCH3 is 2. The van der Waals surface area contributed by atoms with Crippen molar-refractivity contribution in [3.05, 3.63) is 77.7 Å². The highest BCUT2D eigenvalue weighted by Crippen LogP contribution is 2.27. The summed E-state index contributed by atoms with van der Waals surface area (Å²) in [4.78, 5) is 16.4. The summed E-state index contributed by atoms with van der Waals surface area (Å²) in [5.41, 5.74) is 1.46. The van der Waals surface area contributed by atoms with Crippen molar-refractivity contribution in [1.82, 2.24) is 4.98 Å². The quantitative estimate of drug-likeness (QED) is 0.645. The van der Waals surface area contributed by atoms with Gasteiger partial charge in [-0.15, -0.1) is 0 Å². The molecule has 3 aromatic rings. The van der Waals surface area contributed by atoms with E-state index in [1.54, 1.807) is 32.4 Å². The van der Waals surface area contributed by atoms with E-state index >= 15 is 0 Å². The molecule has 1 aromatic heterocycles. The predicted molar refractivity (Wildman–Crippen MR) is 105 cm³/mol. The smallest absolute Gasteiger partial charge is 0.258 e. The molecule has 2 aromatic carbocycles. The number of carbonyl (C=O) groups is 1. The second-order valence-corrected chi connectivity index (χ2v) is 5.91. The van der Waals surface area contributed by atoms with E-state index < -0.39 is 11.7 Å². The molecule has 0 aliphatic rings. The van der Waals surface area contributed by atoms with Gasteiger partial charge in [0.2, 0.25) is 0 Å². The lowest BCUT2D eigenvalue weighted by atomic mass is 10.2. The van der Waals surface area contributed by atoms with Crippen molar-refractivity contribution in [3.8, 4) is 11.5 Å². The molecule has 0 atom stereocenters. The fraction of sp³-hybridized carbons (Fsp3) is 0.143. The Hall–Kier alpha value is -3.61. The highest BCUT2D eigenvalue weighted by atomic mass is 19.1. The summed E-state index contributed by atoms with van der Waals surface area (Å²) in [6.07, 6.45) is 1.51. The van der Waals surface area contributed by atoms with Gasteiger partial charge in [0, 0.05) is 6.54 Å². The Bertz CT molecular complexity index is 961. The molecule has 0 aliphatic heterocycles. The van der Waals surface area contributed by atoms with Crippen molar-refractivity contribution >= 4 is 17.4 Å². The molecule has 0 fully saturated rings. The molecule has 0 aliphatic carbocycles. The largest absolute Gasteiger partial charge is 0.493 e. The van der Waals surface area contributed by atoms with E-state index in [0.29, 0.717) is 29.5 Å². The Balaban J connectivity index is 1.60. The zero-order valence-corrected chi connectivity index (χ0v) is 15.5. The van der Waals surface area contributed by atoms with Gasteiger partial charge in [0.1, 0.15) is 11.6 Å². The average Bonchev–Trinajstić information content (AvgIpc) is 2.73. The standard InChI is InChI=1S/C21H20FN3O3/c1-27-18-9-7-14(11-19(18)28-2)12-23-20-10-8-15(13-24-20)25-21(26)16-5-3-4-6-17(16)22/h3-11,13H,12H2,1-2H3,(H,23,24)(H,25,26). The van der Waals surface area contributed by atoms with E-state index in [1.807, 2.05) is 18.2 Å². The Labute approximate surface area is 162 Å². The second-order valence-electron chi connectivity index (χ2n) is 5.91. The van der Waals surface area contributed by atoms with Crippen molar-refractivity contribution < 1.29 is 18.7 Å². The first-order chi connectivity index (χ1) is 13.6. The van der Waals surface area contributed by atoms with Crippen molar-refractivity contribution in [2.24, 2.45) is 0 Å². The maximum atomic E-state index is 13.7. The molecule has 0 saturated carbocycles. The number of halogens is 1. The number of nitrogens with zero attached hydrogens (tertiary/aromatic N) is 1. The van der Waals surface area contributed by atoms with Crippen LogP contribution in [0.4, 0.5) is 15.9 Å². The van der Waals surface area contributed by atoms with Crippen LogP contribution in [0.1, 0.15) is 15.9 Å². The molecule has 0 radical (unpaired) electrons. The molecule has 0 unspecified atom stereocenters. The maximum Gasteiger partial charge on any atom is 0.258 e. The number of benzene rings is 2. The minimum absolute atomic E-state index is 0.0156. The lowest BCUT2D eigenvalue weighted by Gasteiger charge is -2.11. The van der Waals surface area contributed by atoms with Crippen molar-refractivity contribution in [1.29, 1.82) is 0 Å². The summed E-state index contributed by atoms with van der Waals surface area (Å²) >= 11 is 0. The Kier molecular flexibility index (Phi) is 6.06. The minimum atomic E-state index is -0.568. The van der Waals surface area contributed by atoms with Gasteiger partial charge in [-0.3, -0.25) is 4.79 Å². The monoisotopic (exact) mass is 381 g/mol. The molecule has 0 bridgehead atoms. The van der Waals surface area contributed by atoms with E-state index in [1.165, 1.54) is 24.4 Å². The van der Waals surface area contributed by atoms with Gasteiger partial charge in [-0.05, 0) is 42.0 Å². The third kappa shape index (κ3) is 4.56. The van der Waals surface area contributed by atoms with Crippen LogP contribution >= 0.6 is 0 Å². The van der Waals surface area contributed by atoms with Crippen molar-refractivity contribution in [3.63, 3.8) is 0 Å². The Morgan fingerprint density at radius 2 is 1.82 bits per heavy atom. The van der Waals surface area contributed by atoms with E-state index in [4.69, 9.17) is 9.47 Å².